The predicted octanol–water partition coefficient (Wildman–Crippen LogP) is 3.66. The maximum atomic E-state index is 12.9. The highest BCUT2D eigenvalue weighted by Crippen LogP contribution is 2.29. The molecule has 0 aliphatic carbocycles. The van der Waals surface area contributed by atoms with Gasteiger partial charge >= 0.3 is 6.03 Å². The molecule has 0 saturated carbocycles. The fourth-order valence-electron chi connectivity index (χ4n) is 4.00. The van der Waals surface area contributed by atoms with Gasteiger partial charge in [0.1, 0.15) is 5.54 Å². The first kappa shape index (κ1) is 21.1. The highest BCUT2D eigenvalue weighted by molar-refractivity contribution is 6.07. The van der Waals surface area contributed by atoms with Crippen LogP contribution in [0.5, 0.6) is 0 Å². The molecule has 4 amide bonds. The van der Waals surface area contributed by atoms with E-state index in [1.165, 1.54) is 4.90 Å². The van der Waals surface area contributed by atoms with Gasteiger partial charge in [-0.05, 0) is 41.3 Å². The molecular weight excluding hydrogens is 394 g/mol. The molecule has 31 heavy (non-hydrogen) atoms. The lowest BCUT2D eigenvalue weighted by Gasteiger charge is -2.30. The van der Waals surface area contributed by atoms with E-state index in [9.17, 15) is 14.4 Å². The lowest BCUT2D eigenvalue weighted by molar-refractivity contribution is -0.134. The van der Waals surface area contributed by atoms with Gasteiger partial charge in [-0.2, -0.15) is 0 Å². The van der Waals surface area contributed by atoms with Crippen molar-refractivity contribution in [1.82, 2.24) is 10.2 Å². The summed E-state index contributed by atoms with van der Waals surface area (Å²) in [6.45, 7) is 5.31. The van der Waals surface area contributed by atoms with Crippen LogP contribution in [0.3, 0.4) is 0 Å². The van der Waals surface area contributed by atoms with E-state index in [-0.39, 0.29) is 24.4 Å². The van der Waals surface area contributed by atoms with Crippen molar-refractivity contribution in [1.29, 1.82) is 0 Å². The average Bonchev–Trinajstić information content (AvgIpc) is 2.98. The average molecular weight is 421 g/mol. The predicted molar refractivity (Wildman–Crippen MR) is 117 cm³/mol. The maximum Gasteiger partial charge on any atom is 0.325 e. The van der Waals surface area contributed by atoms with Crippen LogP contribution in [0.1, 0.15) is 54.1 Å². The van der Waals surface area contributed by atoms with E-state index in [4.69, 9.17) is 4.74 Å². The molecular formula is C24H27N3O4. The fourth-order valence-corrected chi connectivity index (χ4v) is 4.00. The summed E-state index contributed by atoms with van der Waals surface area (Å²) in [5.41, 5.74) is 2.37. The summed E-state index contributed by atoms with van der Waals surface area (Å²) in [6, 6.07) is 14.4. The second-order valence-corrected chi connectivity index (χ2v) is 8.45. The number of carbonyl (C=O) groups excluding carboxylic acids is 3. The SMILES string of the molecule is CC(C)c1cccc(NC(=O)c2ccc(CN3C(=O)NC4(CCOCC4)C3=O)cc2)c1. The minimum absolute atomic E-state index is 0.172. The number of nitrogens with zero attached hydrogens (tertiary/aromatic N) is 1. The number of urea groups is 1. The number of ether oxygens (including phenoxy) is 1. The van der Waals surface area contributed by atoms with Gasteiger partial charge in [-0.1, -0.05) is 38.1 Å². The first-order chi connectivity index (χ1) is 14.9. The molecule has 0 bridgehead atoms. The molecule has 2 saturated heterocycles. The Hall–Kier alpha value is -3.19. The number of amides is 4. The van der Waals surface area contributed by atoms with Crippen molar-refractivity contribution in [3.8, 4) is 0 Å². The number of nitrogens with one attached hydrogen (secondary N) is 2. The van der Waals surface area contributed by atoms with Crippen LogP contribution < -0.4 is 10.6 Å². The summed E-state index contributed by atoms with van der Waals surface area (Å²) < 4.78 is 5.33. The number of rotatable bonds is 5. The molecule has 0 aromatic heterocycles. The Kier molecular flexibility index (Phi) is 5.78. The number of imide groups is 1. The summed E-state index contributed by atoms with van der Waals surface area (Å²) in [4.78, 5) is 39.1. The number of hydrogen-bond acceptors (Lipinski definition) is 4. The Morgan fingerprint density at radius 1 is 1.13 bits per heavy atom. The van der Waals surface area contributed by atoms with Gasteiger partial charge in [0.05, 0.1) is 6.54 Å². The Morgan fingerprint density at radius 3 is 2.52 bits per heavy atom. The quantitative estimate of drug-likeness (QED) is 0.721. The standard InChI is InChI=1S/C24H27N3O4/c1-16(2)19-4-3-5-20(14-19)25-21(28)18-8-6-17(7-9-18)15-27-22(29)24(26-23(27)30)10-12-31-13-11-24/h3-9,14,16H,10-13,15H2,1-2H3,(H,25,28)(H,26,30). The van der Waals surface area contributed by atoms with Crippen molar-refractivity contribution in [2.45, 2.75) is 44.7 Å². The molecule has 0 unspecified atom stereocenters. The van der Waals surface area contributed by atoms with Crippen LogP contribution in [0, 0.1) is 0 Å². The van der Waals surface area contributed by atoms with E-state index in [1.54, 1.807) is 24.3 Å². The molecule has 2 aromatic rings. The Bertz CT molecular complexity index is 994. The third kappa shape index (κ3) is 4.32. The molecule has 2 heterocycles. The van der Waals surface area contributed by atoms with Gasteiger partial charge < -0.3 is 15.4 Å². The minimum atomic E-state index is -0.834. The van der Waals surface area contributed by atoms with E-state index in [0.29, 0.717) is 37.5 Å². The van der Waals surface area contributed by atoms with Crippen molar-refractivity contribution in [2.75, 3.05) is 18.5 Å². The highest BCUT2D eigenvalue weighted by Gasteiger charge is 2.51. The Morgan fingerprint density at radius 2 is 1.84 bits per heavy atom. The van der Waals surface area contributed by atoms with Crippen molar-refractivity contribution in [2.24, 2.45) is 0 Å². The number of hydrogen-bond donors (Lipinski definition) is 2. The molecule has 162 valence electrons. The zero-order valence-electron chi connectivity index (χ0n) is 17.8. The van der Waals surface area contributed by atoms with Crippen LogP contribution >= 0.6 is 0 Å². The van der Waals surface area contributed by atoms with Gasteiger partial charge in [0.25, 0.3) is 11.8 Å². The number of carbonyl (C=O) groups is 3. The molecule has 2 aromatic carbocycles. The Balaban J connectivity index is 1.41. The summed E-state index contributed by atoms with van der Waals surface area (Å²) >= 11 is 0. The van der Waals surface area contributed by atoms with Crippen LogP contribution in [0.4, 0.5) is 10.5 Å². The molecule has 7 heteroatoms. The van der Waals surface area contributed by atoms with E-state index in [1.807, 2.05) is 24.3 Å². The molecule has 2 aliphatic rings. The van der Waals surface area contributed by atoms with Gasteiger partial charge in [0.15, 0.2) is 0 Å². The van der Waals surface area contributed by atoms with Crippen molar-refractivity contribution in [3.63, 3.8) is 0 Å². The van der Waals surface area contributed by atoms with E-state index in [2.05, 4.69) is 24.5 Å². The molecule has 1 spiro atoms. The van der Waals surface area contributed by atoms with Gasteiger partial charge in [-0.15, -0.1) is 0 Å². The van der Waals surface area contributed by atoms with Crippen LogP contribution in [-0.4, -0.2) is 41.5 Å². The molecule has 7 nitrogen and oxygen atoms in total. The summed E-state index contributed by atoms with van der Waals surface area (Å²) in [7, 11) is 0. The van der Waals surface area contributed by atoms with Crippen LogP contribution in [-0.2, 0) is 16.1 Å². The van der Waals surface area contributed by atoms with Crippen LogP contribution in [0.15, 0.2) is 48.5 Å². The Labute approximate surface area is 181 Å². The van der Waals surface area contributed by atoms with Gasteiger partial charge in [-0.25, -0.2) is 4.79 Å². The monoisotopic (exact) mass is 421 g/mol. The molecule has 0 atom stereocenters. The van der Waals surface area contributed by atoms with Crippen LogP contribution in [0.25, 0.3) is 0 Å². The fraction of sp³-hybridized carbons (Fsp3) is 0.375. The van der Waals surface area contributed by atoms with Gasteiger partial charge in [0, 0.05) is 37.3 Å². The number of benzene rings is 2. The second-order valence-electron chi connectivity index (χ2n) is 8.45. The smallest absolute Gasteiger partial charge is 0.325 e. The maximum absolute atomic E-state index is 12.9. The molecule has 0 radical (unpaired) electrons. The van der Waals surface area contributed by atoms with Gasteiger partial charge in [-0.3, -0.25) is 14.5 Å². The lowest BCUT2D eigenvalue weighted by Crippen LogP contribution is -2.51. The lowest BCUT2D eigenvalue weighted by atomic mass is 9.90. The third-order valence-corrected chi connectivity index (χ3v) is 5.96. The first-order valence-electron chi connectivity index (χ1n) is 10.6. The third-order valence-electron chi connectivity index (χ3n) is 5.96. The topological polar surface area (TPSA) is 87.7 Å². The van der Waals surface area contributed by atoms with E-state index in [0.717, 1.165) is 16.8 Å². The summed E-state index contributed by atoms with van der Waals surface area (Å²) in [5, 5.41) is 5.77. The van der Waals surface area contributed by atoms with Crippen molar-refractivity contribution in [3.05, 3.63) is 65.2 Å². The normalized spacial score (nSPS) is 17.8. The second kappa shape index (κ2) is 8.51. The zero-order chi connectivity index (χ0) is 22.0. The van der Waals surface area contributed by atoms with E-state index >= 15 is 0 Å². The molecule has 2 N–H and O–H groups in total. The zero-order valence-corrected chi connectivity index (χ0v) is 17.8. The molecule has 2 fully saturated rings. The van der Waals surface area contributed by atoms with E-state index < -0.39 is 5.54 Å². The molecule has 4 rings (SSSR count). The molecule has 2 aliphatic heterocycles. The van der Waals surface area contributed by atoms with Crippen molar-refractivity contribution < 1.29 is 19.1 Å². The van der Waals surface area contributed by atoms with Crippen LogP contribution in [0.2, 0.25) is 0 Å². The highest BCUT2D eigenvalue weighted by atomic mass is 16.5. The summed E-state index contributed by atoms with van der Waals surface area (Å²) in [5.74, 6) is -0.0295. The largest absolute Gasteiger partial charge is 0.381 e. The first-order valence-corrected chi connectivity index (χ1v) is 10.6. The van der Waals surface area contributed by atoms with Crippen molar-refractivity contribution >= 4 is 23.5 Å². The number of anilines is 1. The summed E-state index contributed by atoms with van der Waals surface area (Å²) in [6.07, 6.45) is 0.983. The minimum Gasteiger partial charge on any atom is -0.381 e. The van der Waals surface area contributed by atoms with Gasteiger partial charge in [0.2, 0.25) is 0 Å².